The molecule has 1 atom stereocenters. The molecule has 186 valence electrons. The number of aromatic hydroxyl groups is 1. The third kappa shape index (κ3) is 4.57. The van der Waals surface area contributed by atoms with Crippen molar-refractivity contribution in [2.45, 2.75) is 24.5 Å². The summed E-state index contributed by atoms with van der Waals surface area (Å²) in [5.41, 5.74) is 3.47. The van der Waals surface area contributed by atoms with Crippen molar-refractivity contribution < 1.29 is 14.6 Å². The number of carbonyl (C=O) groups is 1. The summed E-state index contributed by atoms with van der Waals surface area (Å²) < 4.78 is 6.78. The predicted molar refractivity (Wildman–Crippen MR) is 140 cm³/mol. The average molecular weight is 506 g/mol. The van der Waals surface area contributed by atoms with Crippen LogP contribution in [0.4, 0.5) is 5.69 Å². The fourth-order valence-electron chi connectivity index (χ4n) is 4.53. The van der Waals surface area contributed by atoms with E-state index in [1.807, 2.05) is 25.1 Å². The lowest BCUT2D eigenvalue weighted by atomic mass is 9.95. The quantitative estimate of drug-likeness (QED) is 0.225. The minimum Gasteiger partial charge on any atom is -0.494 e. The van der Waals surface area contributed by atoms with E-state index < -0.39 is 6.04 Å². The molecule has 0 fully saturated rings. The van der Waals surface area contributed by atoms with Crippen LogP contribution in [0.1, 0.15) is 29.8 Å². The van der Waals surface area contributed by atoms with E-state index in [-0.39, 0.29) is 33.8 Å². The number of fused-ring (bicyclic) bond motifs is 3. The van der Waals surface area contributed by atoms with Crippen LogP contribution >= 0.6 is 11.8 Å². The van der Waals surface area contributed by atoms with Crippen molar-refractivity contribution in [3.63, 3.8) is 0 Å². The summed E-state index contributed by atoms with van der Waals surface area (Å²) >= 11 is 1.09. The molecule has 4 aromatic rings. The summed E-state index contributed by atoms with van der Waals surface area (Å²) in [6.07, 6.45) is 0.821. The monoisotopic (exact) mass is 505 g/mol. The van der Waals surface area contributed by atoms with Gasteiger partial charge in [-0.15, -0.1) is 0 Å². The Morgan fingerprint density at radius 2 is 2.03 bits per heavy atom. The molecule has 1 unspecified atom stereocenters. The zero-order valence-corrected chi connectivity index (χ0v) is 20.8. The van der Waals surface area contributed by atoms with Crippen LogP contribution in [-0.2, 0) is 18.3 Å². The third-order valence-corrected chi connectivity index (χ3v) is 7.22. The molecular formula is C26H27N5O4S. The Morgan fingerprint density at radius 1 is 1.25 bits per heavy atom. The van der Waals surface area contributed by atoms with Gasteiger partial charge in [0.05, 0.1) is 18.4 Å². The molecule has 1 aliphatic heterocycles. The van der Waals surface area contributed by atoms with E-state index in [1.54, 1.807) is 31.3 Å². The van der Waals surface area contributed by atoms with Crippen LogP contribution in [0.2, 0.25) is 0 Å². The molecule has 3 heterocycles. The smallest absolute Gasteiger partial charge is 0.262 e. The SMILES string of the molecule is CCOc1ccc(NC(=O)CSc2nc(O)c(C3NCCc4c3[nH]c3ccccc43)c(=O)n2C)cc1. The molecule has 1 amide bonds. The molecular weight excluding hydrogens is 478 g/mol. The number of ether oxygens (including phenoxy) is 1. The molecule has 0 spiro atoms. The zero-order chi connectivity index (χ0) is 25.2. The van der Waals surface area contributed by atoms with E-state index in [2.05, 4.69) is 26.7 Å². The zero-order valence-electron chi connectivity index (χ0n) is 20.0. The molecule has 0 saturated heterocycles. The lowest BCUT2D eigenvalue weighted by molar-refractivity contribution is -0.113. The second-order valence-corrected chi connectivity index (χ2v) is 9.43. The number of anilines is 1. The maximum absolute atomic E-state index is 13.3. The van der Waals surface area contributed by atoms with E-state index in [0.29, 0.717) is 18.8 Å². The van der Waals surface area contributed by atoms with E-state index in [4.69, 9.17) is 4.74 Å². The van der Waals surface area contributed by atoms with Gasteiger partial charge >= 0.3 is 0 Å². The number of hydrogen-bond acceptors (Lipinski definition) is 7. The summed E-state index contributed by atoms with van der Waals surface area (Å²) in [7, 11) is 1.60. The maximum atomic E-state index is 13.3. The molecule has 2 aromatic carbocycles. The average Bonchev–Trinajstić information content (AvgIpc) is 3.26. The Hall–Kier alpha value is -3.76. The highest BCUT2D eigenvalue weighted by Crippen LogP contribution is 2.35. The summed E-state index contributed by atoms with van der Waals surface area (Å²) in [6, 6.07) is 14.6. The van der Waals surface area contributed by atoms with Crippen LogP contribution in [-0.4, -0.2) is 44.5 Å². The first-order valence-corrected chi connectivity index (χ1v) is 12.7. The summed E-state index contributed by atoms with van der Waals surface area (Å²) in [6.45, 7) is 3.15. The van der Waals surface area contributed by atoms with E-state index >= 15 is 0 Å². The van der Waals surface area contributed by atoms with Crippen LogP contribution in [0.3, 0.4) is 0 Å². The van der Waals surface area contributed by atoms with Crippen molar-refractivity contribution >= 4 is 34.3 Å². The van der Waals surface area contributed by atoms with E-state index in [1.165, 1.54) is 4.57 Å². The van der Waals surface area contributed by atoms with Crippen LogP contribution in [0.25, 0.3) is 10.9 Å². The first-order chi connectivity index (χ1) is 17.5. The summed E-state index contributed by atoms with van der Waals surface area (Å²) in [5.74, 6) is 0.168. The number of nitrogens with one attached hydrogen (secondary N) is 3. The second-order valence-electron chi connectivity index (χ2n) is 8.49. The van der Waals surface area contributed by atoms with Gasteiger partial charge in [-0.2, -0.15) is 4.98 Å². The van der Waals surface area contributed by atoms with Gasteiger partial charge in [-0.25, -0.2) is 0 Å². The first-order valence-electron chi connectivity index (χ1n) is 11.7. The van der Waals surface area contributed by atoms with Crippen molar-refractivity contribution in [3.8, 4) is 11.6 Å². The number of rotatable bonds is 7. The highest BCUT2D eigenvalue weighted by molar-refractivity contribution is 7.99. The van der Waals surface area contributed by atoms with E-state index in [0.717, 1.165) is 46.1 Å². The largest absolute Gasteiger partial charge is 0.494 e. The van der Waals surface area contributed by atoms with Crippen molar-refractivity contribution in [2.75, 3.05) is 24.2 Å². The molecule has 0 aliphatic carbocycles. The van der Waals surface area contributed by atoms with Crippen molar-refractivity contribution in [1.82, 2.24) is 19.9 Å². The molecule has 0 radical (unpaired) electrons. The van der Waals surface area contributed by atoms with Gasteiger partial charge in [-0.1, -0.05) is 30.0 Å². The normalized spacial score (nSPS) is 15.0. The number of nitrogens with zero attached hydrogens (tertiary/aromatic N) is 2. The van der Waals surface area contributed by atoms with Crippen molar-refractivity contribution in [3.05, 3.63) is 75.7 Å². The number of hydrogen-bond donors (Lipinski definition) is 4. The Labute approximate surface area is 211 Å². The van der Waals surface area contributed by atoms with Crippen LogP contribution < -0.4 is 20.9 Å². The minimum atomic E-state index is -0.505. The van der Waals surface area contributed by atoms with Gasteiger partial charge in [0.2, 0.25) is 11.8 Å². The number of carbonyl (C=O) groups excluding carboxylic acids is 1. The standard InChI is InChI=1S/C26H27N5O4S/c1-3-35-16-10-8-15(9-11-16)28-20(32)14-36-26-30-24(33)21(25(34)31(26)2)23-22-18(12-13-27-23)17-6-4-5-7-19(17)29-22/h4-11,23,27,29,33H,3,12-14H2,1-2H3,(H,28,32). The maximum Gasteiger partial charge on any atom is 0.262 e. The van der Waals surface area contributed by atoms with Crippen LogP contribution in [0.15, 0.2) is 58.5 Å². The molecule has 36 heavy (non-hydrogen) atoms. The number of H-pyrrole nitrogens is 1. The molecule has 0 bridgehead atoms. The Bertz CT molecular complexity index is 1480. The van der Waals surface area contributed by atoms with Gasteiger partial charge in [-0.3, -0.25) is 14.2 Å². The number of aromatic amines is 1. The predicted octanol–water partition coefficient (Wildman–Crippen LogP) is 3.33. The second kappa shape index (κ2) is 10.1. The van der Waals surface area contributed by atoms with Gasteiger partial charge in [0.25, 0.3) is 5.56 Å². The molecule has 1 aliphatic rings. The van der Waals surface area contributed by atoms with Gasteiger partial charge in [0.1, 0.15) is 11.3 Å². The van der Waals surface area contributed by atoms with Gasteiger partial charge in [0, 0.05) is 35.9 Å². The Balaban J connectivity index is 1.34. The lowest BCUT2D eigenvalue weighted by Crippen LogP contribution is -2.36. The molecule has 0 saturated carbocycles. The number of para-hydroxylation sites is 1. The van der Waals surface area contributed by atoms with Gasteiger partial charge < -0.3 is 25.5 Å². The molecule has 9 nitrogen and oxygen atoms in total. The van der Waals surface area contributed by atoms with Crippen LogP contribution in [0, 0.1) is 0 Å². The van der Waals surface area contributed by atoms with Gasteiger partial charge in [0.15, 0.2) is 5.16 Å². The minimum absolute atomic E-state index is 0.0279. The number of thioether (sulfide) groups is 1. The number of amides is 1. The number of benzene rings is 2. The topological polar surface area (TPSA) is 121 Å². The highest BCUT2D eigenvalue weighted by Gasteiger charge is 2.31. The Morgan fingerprint density at radius 3 is 2.81 bits per heavy atom. The molecule has 2 aromatic heterocycles. The Kier molecular flexibility index (Phi) is 6.71. The van der Waals surface area contributed by atoms with Crippen molar-refractivity contribution in [1.29, 1.82) is 0 Å². The fourth-order valence-corrected chi connectivity index (χ4v) is 5.29. The highest BCUT2D eigenvalue weighted by atomic mass is 32.2. The summed E-state index contributed by atoms with van der Waals surface area (Å²) in [4.78, 5) is 33.5. The van der Waals surface area contributed by atoms with Gasteiger partial charge in [-0.05, 0) is 49.2 Å². The number of aromatic nitrogens is 3. The molecule has 4 N–H and O–H groups in total. The molecule has 5 rings (SSSR count). The molecule has 10 heteroatoms. The third-order valence-electron chi connectivity index (χ3n) is 6.19. The summed E-state index contributed by atoms with van der Waals surface area (Å²) in [5, 5.41) is 18.4. The first kappa shape index (κ1) is 24.0. The fraction of sp³-hybridized carbons (Fsp3) is 0.269. The van der Waals surface area contributed by atoms with E-state index in [9.17, 15) is 14.7 Å². The lowest BCUT2D eigenvalue weighted by Gasteiger charge is -2.25. The van der Waals surface area contributed by atoms with Crippen molar-refractivity contribution in [2.24, 2.45) is 7.05 Å². The van der Waals surface area contributed by atoms with Crippen LogP contribution in [0.5, 0.6) is 11.6 Å².